The van der Waals surface area contributed by atoms with Gasteiger partial charge in [0, 0.05) is 56.5 Å². The number of carbonyl (C=O) groups excluding carboxylic acids is 3. The number of nitrogen functional groups attached to an aromatic ring is 1. The number of hydrogen-bond acceptors (Lipinski definition) is 5. The highest BCUT2D eigenvalue weighted by Gasteiger charge is 2.31. The van der Waals surface area contributed by atoms with Crippen molar-refractivity contribution in [2.75, 3.05) is 38.6 Å². The van der Waals surface area contributed by atoms with Crippen LogP contribution in [0.5, 0.6) is 0 Å². The second kappa shape index (κ2) is 9.99. The summed E-state index contributed by atoms with van der Waals surface area (Å²) < 4.78 is 14.5. The molecule has 0 atom stereocenters. The molecule has 2 amide bonds. The Hall–Kier alpha value is -3.69. The zero-order valence-electron chi connectivity index (χ0n) is 20.3. The molecule has 3 heterocycles. The lowest BCUT2D eigenvalue weighted by Crippen LogP contribution is -2.46. The number of aromatic nitrogens is 1. The predicted octanol–water partition coefficient (Wildman–Crippen LogP) is 3.42. The first kappa shape index (κ1) is 25.0. The highest BCUT2D eigenvalue weighted by atomic mass is 35.5. The minimum absolute atomic E-state index is 0.142. The molecule has 1 aromatic heterocycles. The van der Waals surface area contributed by atoms with Crippen LogP contribution in [-0.4, -0.2) is 69.7 Å². The molecule has 0 unspecified atom stereocenters. The molecule has 3 aromatic rings. The second-order valence-electron chi connectivity index (χ2n) is 9.49. The fourth-order valence-electron chi connectivity index (χ4n) is 4.99. The van der Waals surface area contributed by atoms with E-state index in [0.717, 1.165) is 18.4 Å². The summed E-state index contributed by atoms with van der Waals surface area (Å²) in [4.78, 5) is 44.6. The molecule has 0 radical (unpaired) electrons. The Morgan fingerprint density at radius 1 is 1.00 bits per heavy atom. The minimum atomic E-state index is -0.657. The summed E-state index contributed by atoms with van der Waals surface area (Å²) in [6.07, 6.45) is 3.14. The van der Waals surface area contributed by atoms with Gasteiger partial charge < -0.3 is 15.6 Å². The van der Waals surface area contributed by atoms with Gasteiger partial charge in [0.1, 0.15) is 5.82 Å². The van der Waals surface area contributed by atoms with E-state index in [9.17, 15) is 18.8 Å². The van der Waals surface area contributed by atoms with Crippen LogP contribution in [0.3, 0.4) is 0 Å². The molecule has 0 saturated carbocycles. The van der Waals surface area contributed by atoms with Crippen LogP contribution < -0.4 is 5.84 Å². The van der Waals surface area contributed by atoms with E-state index in [1.165, 1.54) is 35.1 Å². The Labute approximate surface area is 218 Å². The number of Topliss-reactive ketones (excluding diaryl/α,β-unsaturated/α-hetero) is 1. The number of fused-ring (bicyclic) bond motifs is 1. The molecule has 8 nitrogen and oxygen atoms in total. The van der Waals surface area contributed by atoms with Crippen LogP contribution in [0.4, 0.5) is 4.39 Å². The third-order valence-electron chi connectivity index (χ3n) is 6.98. The summed E-state index contributed by atoms with van der Waals surface area (Å²) >= 11 is 6.49. The highest BCUT2D eigenvalue weighted by Crippen LogP contribution is 2.30. The summed E-state index contributed by atoms with van der Waals surface area (Å²) in [6, 6.07) is 9.40. The average Bonchev–Trinajstić information content (AvgIpc) is 3.52. The number of hydrogen-bond donors (Lipinski definition) is 1. The molecule has 0 aliphatic carbocycles. The lowest BCUT2D eigenvalue weighted by molar-refractivity contribution is -0.125. The monoisotopic (exact) mass is 523 g/mol. The number of nitrogens with zero attached hydrogens (tertiary/aromatic N) is 4. The van der Waals surface area contributed by atoms with Crippen LogP contribution in [0.15, 0.2) is 54.9 Å². The summed E-state index contributed by atoms with van der Waals surface area (Å²) in [5.41, 5.74) is 2.36. The number of amides is 2. The van der Waals surface area contributed by atoms with Gasteiger partial charge in [0.05, 0.1) is 21.7 Å². The van der Waals surface area contributed by atoms with Crippen molar-refractivity contribution in [2.24, 2.45) is 0 Å². The van der Waals surface area contributed by atoms with E-state index in [4.69, 9.17) is 17.4 Å². The largest absolute Gasteiger partial charge is 0.339 e. The van der Waals surface area contributed by atoms with Crippen molar-refractivity contribution in [1.82, 2.24) is 19.4 Å². The fourth-order valence-corrected chi connectivity index (χ4v) is 5.23. The maximum absolute atomic E-state index is 13.5. The van der Waals surface area contributed by atoms with Crippen molar-refractivity contribution >= 4 is 40.1 Å². The van der Waals surface area contributed by atoms with Gasteiger partial charge >= 0.3 is 0 Å². The van der Waals surface area contributed by atoms with Crippen LogP contribution in [-0.2, 0) is 11.3 Å². The fraction of sp³-hybridized carbons (Fsp3) is 0.296. The number of halogens is 2. The summed E-state index contributed by atoms with van der Waals surface area (Å²) in [7, 11) is 0. The van der Waals surface area contributed by atoms with E-state index in [1.54, 1.807) is 21.9 Å². The van der Waals surface area contributed by atoms with E-state index in [1.807, 2.05) is 0 Å². The lowest BCUT2D eigenvalue weighted by atomic mass is 10.0. The van der Waals surface area contributed by atoms with Crippen molar-refractivity contribution in [3.05, 3.63) is 82.4 Å². The topological polar surface area (TPSA) is 91.9 Å². The molecule has 2 N–H and O–H groups in total. The molecule has 2 aliphatic rings. The van der Waals surface area contributed by atoms with E-state index in [-0.39, 0.29) is 27.9 Å². The van der Waals surface area contributed by atoms with E-state index >= 15 is 0 Å². The van der Waals surface area contributed by atoms with Gasteiger partial charge in [0.15, 0.2) is 0 Å². The van der Waals surface area contributed by atoms with Gasteiger partial charge in [-0.25, -0.2) is 4.39 Å². The number of carbonyl (C=O) groups is 3. The van der Waals surface area contributed by atoms with Gasteiger partial charge in [-0.3, -0.25) is 24.0 Å². The molecule has 2 saturated heterocycles. The molecule has 0 bridgehead atoms. The van der Waals surface area contributed by atoms with Crippen LogP contribution in [0, 0.1) is 5.82 Å². The maximum atomic E-state index is 13.5. The zero-order chi connectivity index (χ0) is 26.3. The Balaban J connectivity index is 1.37. The molecule has 37 heavy (non-hydrogen) atoms. The summed E-state index contributed by atoms with van der Waals surface area (Å²) in [6.45, 7) is 7.24. The van der Waals surface area contributed by atoms with Gasteiger partial charge in [0.25, 0.3) is 17.6 Å². The predicted molar refractivity (Wildman–Crippen MR) is 139 cm³/mol. The number of likely N-dealkylation sites (tertiary alicyclic amines) is 1. The highest BCUT2D eigenvalue weighted by molar-refractivity contribution is 6.45. The van der Waals surface area contributed by atoms with Crippen molar-refractivity contribution < 1.29 is 18.8 Å². The first-order valence-corrected chi connectivity index (χ1v) is 12.5. The quantitative estimate of drug-likeness (QED) is 0.314. The summed E-state index contributed by atoms with van der Waals surface area (Å²) in [5, 5.41) is 0.585. The smallest absolute Gasteiger partial charge is 0.295 e. The minimum Gasteiger partial charge on any atom is -0.339 e. The number of benzene rings is 2. The zero-order valence-corrected chi connectivity index (χ0v) is 21.0. The SMILES string of the molecule is C=C1CN(Cc2ccc(F)cc2)CCN1C(=O)c1cc2c(C(=O)C(=O)N3CCCC3)cn(N)c2cc1Cl. The van der Waals surface area contributed by atoms with Crippen LogP contribution >= 0.6 is 11.6 Å². The van der Waals surface area contributed by atoms with Gasteiger partial charge in [0.2, 0.25) is 0 Å². The van der Waals surface area contributed by atoms with Crippen LogP contribution in [0.2, 0.25) is 5.02 Å². The van der Waals surface area contributed by atoms with Crippen molar-refractivity contribution in [3.63, 3.8) is 0 Å². The van der Waals surface area contributed by atoms with Gasteiger partial charge in [-0.05, 0) is 42.7 Å². The third kappa shape index (κ3) is 4.84. The third-order valence-corrected chi connectivity index (χ3v) is 7.29. The number of ketones is 1. The Kier molecular flexibility index (Phi) is 6.74. The first-order valence-electron chi connectivity index (χ1n) is 12.1. The first-order chi connectivity index (χ1) is 17.7. The Bertz CT molecular complexity index is 1410. The molecule has 2 aromatic carbocycles. The van der Waals surface area contributed by atoms with Gasteiger partial charge in [-0.15, -0.1) is 0 Å². The Morgan fingerprint density at radius 3 is 2.38 bits per heavy atom. The normalized spacial score (nSPS) is 16.5. The van der Waals surface area contributed by atoms with Gasteiger partial charge in [-0.1, -0.05) is 30.3 Å². The molecule has 2 fully saturated rings. The van der Waals surface area contributed by atoms with Gasteiger partial charge in [-0.2, -0.15) is 0 Å². The van der Waals surface area contributed by atoms with Crippen molar-refractivity contribution in [1.29, 1.82) is 0 Å². The maximum Gasteiger partial charge on any atom is 0.295 e. The Morgan fingerprint density at radius 2 is 1.70 bits per heavy atom. The van der Waals surface area contributed by atoms with E-state index < -0.39 is 11.7 Å². The lowest BCUT2D eigenvalue weighted by Gasteiger charge is -2.36. The second-order valence-corrected chi connectivity index (χ2v) is 9.90. The van der Waals surface area contributed by atoms with Crippen molar-refractivity contribution in [3.8, 4) is 0 Å². The molecular weight excluding hydrogens is 497 g/mol. The number of nitrogens with two attached hydrogens (primary N) is 1. The average molecular weight is 524 g/mol. The molecule has 5 rings (SSSR count). The molecular formula is C27H27ClFN5O3. The standard InChI is InChI=1S/C27H27ClFN5O3/c1-17-14-31(15-18-4-6-19(29)7-5-18)10-11-33(17)26(36)21-12-20-22(16-34(30)24(20)13-23(21)28)25(35)27(37)32-8-2-3-9-32/h4-7,12-13,16H,1-3,8-11,14-15,30H2. The van der Waals surface area contributed by atoms with E-state index in [0.29, 0.717) is 55.9 Å². The molecule has 2 aliphatic heterocycles. The number of rotatable bonds is 5. The van der Waals surface area contributed by atoms with Crippen LogP contribution in [0.1, 0.15) is 39.1 Å². The summed E-state index contributed by atoms with van der Waals surface area (Å²) in [5.74, 6) is 4.21. The van der Waals surface area contributed by atoms with Crippen LogP contribution in [0.25, 0.3) is 10.9 Å². The van der Waals surface area contributed by atoms with E-state index in [2.05, 4.69) is 11.5 Å². The molecule has 192 valence electrons. The van der Waals surface area contributed by atoms with Crippen molar-refractivity contribution in [2.45, 2.75) is 19.4 Å². The number of piperazine rings is 1. The molecule has 10 heteroatoms. The molecule has 0 spiro atoms.